The fourth-order valence-corrected chi connectivity index (χ4v) is 3.17. The number of aromatic nitrogens is 1. The summed E-state index contributed by atoms with van der Waals surface area (Å²) >= 11 is 0. The van der Waals surface area contributed by atoms with Crippen molar-refractivity contribution >= 4 is 28.2 Å². The second-order valence-electron chi connectivity index (χ2n) is 5.92. The highest BCUT2D eigenvalue weighted by atomic mass is 19.1. The molecule has 128 valence electrons. The van der Waals surface area contributed by atoms with Gasteiger partial charge in [-0.3, -0.25) is 14.8 Å². The third kappa shape index (κ3) is 2.52. The fraction of sp³-hybridized carbons (Fsp3) is 0.105. The van der Waals surface area contributed by atoms with E-state index in [0.717, 1.165) is 29.0 Å². The van der Waals surface area contributed by atoms with E-state index in [1.807, 2.05) is 24.3 Å². The highest BCUT2D eigenvalue weighted by Crippen LogP contribution is 2.33. The standard InChI is InChI=1S/C19H12F2N4O/c20-13-5-14(21)7-15(6-13)24-11-16(8-22)25(19(24)26)18-10-23-9-12-3-1-2-4-17(12)18/h1-7,9-10,16H,11H2. The first-order valence-electron chi connectivity index (χ1n) is 7.87. The van der Waals surface area contributed by atoms with Crippen LogP contribution in [0.15, 0.2) is 54.9 Å². The zero-order chi connectivity index (χ0) is 18.3. The topological polar surface area (TPSA) is 60.2 Å². The molecule has 4 rings (SSSR count). The quantitative estimate of drug-likeness (QED) is 0.705. The van der Waals surface area contributed by atoms with Gasteiger partial charge in [-0.1, -0.05) is 24.3 Å². The number of nitriles is 1. The maximum Gasteiger partial charge on any atom is 0.330 e. The number of rotatable bonds is 2. The number of fused-ring (bicyclic) bond motifs is 1. The summed E-state index contributed by atoms with van der Waals surface area (Å²) in [6.07, 6.45) is 3.18. The molecule has 0 saturated carbocycles. The molecule has 0 radical (unpaired) electrons. The second kappa shape index (κ2) is 6.08. The van der Waals surface area contributed by atoms with E-state index < -0.39 is 23.7 Å². The van der Waals surface area contributed by atoms with Crippen LogP contribution in [-0.2, 0) is 0 Å². The minimum Gasteiger partial charge on any atom is -0.291 e. The number of carbonyl (C=O) groups is 1. The van der Waals surface area contributed by atoms with Crippen molar-refractivity contribution in [1.29, 1.82) is 5.26 Å². The lowest BCUT2D eigenvalue weighted by Crippen LogP contribution is -2.34. The predicted molar refractivity (Wildman–Crippen MR) is 92.7 cm³/mol. The van der Waals surface area contributed by atoms with E-state index in [1.165, 1.54) is 16.0 Å². The Kier molecular flexibility index (Phi) is 3.73. The Morgan fingerprint density at radius 1 is 1.12 bits per heavy atom. The zero-order valence-corrected chi connectivity index (χ0v) is 13.4. The Morgan fingerprint density at radius 3 is 2.58 bits per heavy atom. The Labute approximate surface area is 147 Å². The first-order valence-corrected chi connectivity index (χ1v) is 7.87. The molecule has 3 aromatic rings. The van der Waals surface area contributed by atoms with Gasteiger partial charge in [0.25, 0.3) is 0 Å². The van der Waals surface area contributed by atoms with Gasteiger partial charge in [-0.2, -0.15) is 5.26 Å². The largest absolute Gasteiger partial charge is 0.330 e. The molecular weight excluding hydrogens is 338 g/mol. The molecule has 2 heterocycles. The normalized spacial score (nSPS) is 17.0. The van der Waals surface area contributed by atoms with Gasteiger partial charge in [-0.25, -0.2) is 13.6 Å². The molecular formula is C19H12F2N4O. The van der Waals surface area contributed by atoms with Crippen LogP contribution in [0, 0.1) is 23.0 Å². The van der Waals surface area contributed by atoms with E-state index in [9.17, 15) is 18.8 Å². The zero-order valence-electron chi connectivity index (χ0n) is 13.4. The van der Waals surface area contributed by atoms with Crippen LogP contribution in [0.2, 0.25) is 0 Å². The molecule has 0 bridgehead atoms. The minimum atomic E-state index is -0.804. The molecule has 2 amide bonds. The Morgan fingerprint density at radius 2 is 1.85 bits per heavy atom. The third-order valence-electron chi connectivity index (χ3n) is 4.32. The summed E-state index contributed by atoms with van der Waals surface area (Å²) in [5.74, 6) is -1.57. The molecule has 1 fully saturated rings. The smallest absolute Gasteiger partial charge is 0.291 e. The fourth-order valence-electron chi connectivity index (χ4n) is 3.17. The van der Waals surface area contributed by atoms with Crippen molar-refractivity contribution < 1.29 is 13.6 Å². The van der Waals surface area contributed by atoms with Crippen molar-refractivity contribution in [2.45, 2.75) is 6.04 Å². The van der Waals surface area contributed by atoms with Gasteiger partial charge in [-0.05, 0) is 12.1 Å². The van der Waals surface area contributed by atoms with E-state index >= 15 is 0 Å². The van der Waals surface area contributed by atoms with Crippen LogP contribution in [0.3, 0.4) is 0 Å². The number of anilines is 2. The minimum absolute atomic E-state index is 0.00144. The van der Waals surface area contributed by atoms with E-state index in [1.54, 1.807) is 6.20 Å². The molecule has 7 heteroatoms. The summed E-state index contributed by atoms with van der Waals surface area (Å²) in [5, 5.41) is 11.1. The summed E-state index contributed by atoms with van der Waals surface area (Å²) in [5.41, 5.74) is 0.558. The molecule has 0 spiro atoms. The summed E-state index contributed by atoms with van der Waals surface area (Å²) in [7, 11) is 0. The van der Waals surface area contributed by atoms with E-state index in [2.05, 4.69) is 11.1 Å². The van der Waals surface area contributed by atoms with Gasteiger partial charge in [0.2, 0.25) is 0 Å². The maximum absolute atomic E-state index is 13.5. The lowest BCUT2D eigenvalue weighted by atomic mass is 10.1. The molecule has 1 aliphatic rings. The van der Waals surface area contributed by atoms with Gasteiger partial charge in [0, 0.05) is 23.0 Å². The van der Waals surface area contributed by atoms with Gasteiger partial charge in [0.05, 0.1) is 30.2 Å². The summed E-state index contributed by atoms with van der Waals surface area (Å²) in [6, 6.07) is 11.0. The Balaban J connectivity index is 1.81. The maximum atomic E-state index is 13.5. The first-order chi connectivity index (χ1) is 12.6. The molecule has 0 aliphatic carbocycles. The average Bonchev–Trinajstić information content (AvgIpc) is 2.97. The molecule has 1 saturated heterocycles. The monoisotopic (exact) mass is 350 g/mol. The van der Waals surface area contributed by atoms with Crippen LogP contribution < -0.4 is 9.80 Å². The molecule has 1 atom stereocenters. The van der Waals surface area contributed by atoms with Gasteiger partial charge in [0.1, 0.15) is 17.7 Å². The molecule has 1 aromatic heterocycles. The number of hydrogen-bond donors (Lipinski definition) is 0. The molecule has 1 unspecified atom stereocenters. The van der Waals surface area contributed by atoms with Gasteiger partial charge < -0.3 is 0 Å². The van der Waals surface area contributed by atoms with Gasteiger partial charge in [-0.15, -0.1) is 0 Å². The predicted octanol–water partition coefficient (Wildman–Crippen LogP) is 3.85. The lowest BCUT2D eigenvalue weighted by molar-refractivity contribution is 0.255. The van der Waals surface area contributed by atoms with Crippen molar-refractivity contribution in [1.82, 2.24) is 4.98 Å². The van der Waals surface area contributed by atoms with Crippen LogP contribution in [0.1, 0.15) is 0 Å². The van der Waals surface area contributed by atoms with Gasteiger partial charge in [0.15, 0.2) is 0 Å². The number of nitrogens with zero attached hydrogens (tertiary/aromatic N) is 4. The molecule has 0 N–H and O–H groups in total. The lowest BCUT2D eigenvalue weighted by Gasteiger charge is -2.21. The summed E-state index contributed by atoms with van der Waals surface area (Å²) in [6.45, 7) is 0.00144. The van der Waals surface area contributed by atoms with Crippen molar-refractivity contribution in [3.63, 3.8) is 0 Å². The van der Waals surface area contributed by atoms with Crippen LogP contribution in [0.4, 0.5) is 25.0 Å². The number of hydrogen-bond acceptors (Lipinski definition) is 3. The Hall–Kier alpha value is -3.53. The molecule has 1 aliphatic heterocycles. The van der Waals surface area contributed by atoms with Crippen molar-refractivity contribution in [2.24, 2.45) is 0 Å². The van der Waals surface area contributed by atoms with Gasteiger partial charge >= 0.3 is 6.03 Å². The van der Waals surface area contributed by atoms with Crippen LogP contribution in [0.25, 0.3) is 10.8 Å². The van der Waals surface area contributed by atoms with E-state index in [-0.39, 0.29) is 12.2 Å². The number of carbonyl (C=O) groups excluding carboxylic acids is 1. The van der Waals surface area contributed by atoms with Crippen molar-refractivity contribution in [2.75, 3.05) is 16.3 Å². The average molecular weight is 350 g/mol. The molecule has 26 heavy (non-hydrogen) atoms. The van der Waals surface area contributed by atoms with Crippen LogP contribution in [0.5, 0.6) is 0 Å². The van der Waals surface area contributed by atoms with Crippen molar-refractivity contribution in [3.05, 3.63) is 66.5 Å². The third-order valence-corrected chi connectivity index (χ3v) is 4.32. The summed E-state index contributed by atoms with van der Waals surface area (Å²) in [4.78, 5) is 19.6. The summed E-state index contributed by atoms with van der Waals surface area (Å²) < 4.78 is 27.1. The van der Waals surface area contributed by atoms with Crippen LogP contribution in [-0.4, -0.2) is 23.6 Å². The number of benzene rings is 2. The van der Waals surface area contributed by atoms with E-state index in [0.29, 0.717) is 5.69 Å². The van der Waals surface area contributed by atoms with Crippen molar-refractivity contribution in [3.8, 4) is 6.07 Å². The SMILES string of the molecule is N#CC1CN(c2cc(F)cc(F)c2)C(=O)N1c1cncc2ccccc12. The highest BCUT2D eigenvalue weighted by Gasteiger charge is 2.40. The number of amides is 2. The number of urea groups is 1. The van der Waals surface area contributed by atoms with Crippen LogP contribution >= 0.6 is 0 Å². The van der Waals surface area contributed by atoms with E-state index in [4.69, 9.17) is 0 Å². The Bertz CT molecular complexity index is 1040. The molecule has 5 nitrogen and oxygen atoms in total. The number of halogens is 2. The molecule has 2 aromatic carbocycles. The first kappa shape index (κ1) is 16.0. The highest BCUT2D eigenvalue weighted by molar-refractivity contribution is 6.11. The second-order valence-corrected chi connectivity index (χ2v) is 5.92. The number of pyridine rings is 1.